The Morgan fingerprint density at radius 3 is 2.64 bits per heavy atom. The number of halogens is 1. The molecule has 0 bridgehead atoms. The number of benzene rings is 2. The molecule has 0 spiro atoms. The largest absolute Gasteiger partial charge is 0.492 e. The van der Waals surface area contributed by atoms with E-state index >= 15 is 0 Å². The Hall–Kier alpha value is -2.24. The lowest BCUT2D eigenvalue weighted by molar-refractivity contribution is 0.0694. The Balaban J connectivity index is 2.22. The first-order chi connectivity index (χ1) is 10.6. The number of hydrogen-bond donors (Lipinski definition) is 2. The lowest BCUT2D eigenvalue weighted by atomic mass is 10.1. The number of carboxylic acids is 1. The first kappa shape index (κ1) is 14.7. The standard InChI is InChI=1S/C16H10ClNO3S/c17-9-4-3-5-10(8-9)22-14-13(16(20)21)11-6-1-2-7-12(11)18-15(14)19/h1-8H,(H,18,19)(H,20,21). The molecule has 0 fully saturated rings. The van der Waals surface area contributed by atoms with E-state index in [9.17, 15) is 15.0 Å². The zero-order chi connectivity index (χ0) is 15.7. The van der Waals surface area contributed by atoms with Crippen molar-refractivity contribution in [1.82, 2.24) is 4.98 Å². The van der Waals surface area contributed by atoms with E-state index in [4.69, 9.17) is 11.6 Å². The summed E-state index contributed by atoms with van der Waals surface area (Å²) in [5.41, 5.74) is 0.473. The minimum absolute atomic E-state index is 0.0353. The SMILES string of the molecule is O=C(O)c1c(Sc2cccc(Cl)c2)c(O)nc2ccccc12. The molecule has 0 radical (unpaired) electrons. The normalized spacial score (nSPS) is 10.8. The van der Waals surface area contributed by atoms with Gasteiger partial charge >= 0.3 is 5.97 Å². The van der Waals surface area contributed by atoms with Crippen LogP contribution in [0.4, 0.5) is 0 Å². The van der Waals surface area contributed by atoms with Crippen molar-refractivity contribution in [3.63, 3.8) is 0 Å². The van der Waals surface area contributed by atoms with Gasteiger partial charge in [-0.1, -0.05) is 47.6 Å². The van der Waals surface area contributed by atoms with Gasteiger partial charge in [0, 0.05) is 15.3 Å². The van der Waals surface area contributed by atoms with E-state index in [0.717, 1.165) is 16.7 Å². The monoisotopic (exact) mass is 331 g/mol. The van der Waals surface area contributed by atoms with Gasteiger partial charge < -0.3 is 10.2 Å². The third kappa shape index (κ3) is 2.73. The van der Waals surface area contributed by atoms with Crippen LogP contribution in [0.1, 0.15) is 10.4 Å². The van der Waals surface area contributed by atoms with Gasteiger partial charge in [0.05, 0.1) is 16.0 Å². The number of nitrogens with zero attached hydrogens (tertiary/aromatic N) is 1. The average molecular weight is 332 g/mol. The van der Waals surface area contributed by atoms with Crippen LogP contribution in [-0.2, 0) is 0 Å². The highest BCUT2D eigenvalue weighted by Gasteiger charge is 2.21. The number of fused-ring (bicyclic) bond motifs is 1. The number of pyridine rings is 1. The molecule has 0 amide bonds. The van der Waals surface area contributed by atoms with E-state index in [-0.39, 0.29) is 16.3 Å². The van der Waals surface area contributed by atoms with Crippen molar-refractivity contribution in [3.05, 3.63) is 59.1 Å². The highest BCUT2D eigenvalue weighted by Crippen LogP contribution is 2.39. The topological polar surface area (TPSA) is 70.4 Å². The first-order valence-electron chi connectivity index (χ1n) is 6.34. The molecule has 6 heteroatoms. The maximum Gasteiger partial charge on any atom is 0.337 e. The van der Waals surface area contributed by atoms with Crippen molar-refractivity contribution in [2.75, 3.05) is 0 Å². The molecule has 0 unspecified atom stereocenters. The Bertz CT molecular complexity index is 882. The summed E-state index contributed by atoms with van der Waals surface area (Å²) in [6.45, 7) is 0. The molecule has 4 nitrogen and oxygen atoms in total. The van der Waals surface area contributed by atoms with Gasteiger partial charge in [0.2, 0.25) is 5.88 Å². The summed E-state index contributed by atoms with van der Waals surface area (Å²) in [6, 6.07) is 13.8. The summed E-state index contributed by atoms with van der Waals surface area (Å²) in [6.07, 6.45) is 0. The van der Waals surface area contributed by atoms with Crippen molar-refractivity contribution in [2.24, 2.45) is 0 Å². The Labute approximate surface area is 135 Å². The Morgan fingerprint density at radius 1 is 1.14 bits per heavy atom. The first-order valence-corrected chi connectivity index (χ1v) is 7.54. The van der Waals surface area contributed by atoms with Gasteiger partial charge in [-0.3, -0.25) is 0 Å². The molecule has 0 aliphatic heterocycles. The molecule has 0 saturated heterocycles. The summed E-state index contributed by atoms with van der Waals surface area (Å²) in [4.78, 5) is 16.7. The van der Waals surface area contributed by atoms with Crippen LogP contribution in [0.2, 0.25) is 5.02 Å². The number of aromatic nitrogens is 1. The van der Waals surface area contributed by atoms with E-state index in [1.807, 2.05) is 0 Å². The van der Waals surface area contributed by atoms with Crippen molar-refractivity contribution in [3.8, 4) is 5.88 Å². The van der Waals surface area contributed by atoms with Crippen LogP contribution in [0.5, 0.6) is 5.88 Å². The van der Waals surface area contributed by atoms with Gasteiger partial charge in [-0.25, -0.2) is 9.78 Å². The van der Waals surface area contributed by atoms with Crippen LogP contribution in [-0.4, -0.2) is 21.2 Å². The maximum absolute atomic E-state index is 11.7. The lowest BCUT2D eigenvalue weighted by Crippen LogP contribution is -2.02. The third-order valence-electron chi connectivity index (χ3n) is 3.06. The third-order valence-corrected chi connectivity index (χ3v) is 4.38. The van der Waals surface area contributed by atoms with Gasteiger partial charge in [-0.2, -0.15) is 0 Å². The Morgan fingerprint density at radius 2 is 1.91 bits per heavy atom. The summed E-state index contributed by atoms with van der Waals surface area (Å²) in [7, 11) is 0. The fourth-order valence-corrected chi connectivity index (χ4v) is 3.40. The molecular weight excluding hydrogens is 322 g/mol. The van der Waals surface area contributed by atoms with E-state index < -0.39 is 5.97 Å². The zero-order valence-electron chi connectivity index (χ0n) is 11.2. The maximum atomic E-state index is 11.7. The molecule has 22 heavy (non-hydrogen) atoms. The number of rotatable bonds is 3. The van der Waals surface area contributed by atoms with Crippen LogP contribution in [0.15, 0.2) is 58.3 Å². The van der Waals surface area contributed by atoms with Crippen LogP contribution in [0.3, 0.4) is 0 Å². The minimum Gasteiger partial charge on any atom is -0.492 e. The quantitative estimate of drug-likeness (QED) is 0.742. The number of aromatic hydroxyl groups is 1. The van der Waals surface area contributed by atoms with Gasteiger partial charge in [0.1, 0.15) is 0 Å². The molecule has 3 rings (SSSR count). The predicted octanol–water partition coefficient (Wildman–Crippen LogP) is 4.44. The molecule has 0 atom stereocenters. The summed E-state index contributed by atoms with van der Waals surface area (Å²) in [5.74, 6) is -1.42. The number of carbonyl (C=O) groups is 1. The Kier molecular flexibility index (Phi) is 3.92. The van der Waals surface area contributed by atoms with Gasteiger partial charge in [0.25, 0.3) is 0 Å². The minimum atomic E-state index is -1.11. The van der Waals surface area contributed by atoms with Gasteiger partial charge in [-0.05, 0) is 24.3 Å². The number of carboxylic acid groups (broad SMARTS) is 1. The fraction of sp³-hybridized carbons (Fsp3) is 0. The van der Waals surface area contributed by atoms with E-state index in [1.54, 1.807) is 48.5 Å². The van der Waals surface area contributed by atoms with E-state index in [0.29, 0.717) is 15.9 Å². The summed E-state index contributed by atoms with van der Waals surface area (Å²) >= 11 is 7.06. The van der Waals surface area contributed by atoms with Crippen LogP contribution >= 0.6 is 23.4 Å². The predicted molar refractivity (Wildman–Crippen MR) is 85.9 cm³/mol. The smallest absolute Gasteiger partial charge is 0.337 e. The van der Waals surface area contributed by atoms with Crippen molar-refractivity contribution in [2.45, 2.75) is 9.79 Å². The number of aromatic carboxylic acids is 1. The zero-order valence-corrected chi connectivity index (χ0v) is 12.7. The second-order valence-corrected chi connectivity index (χ2v) is 6.04. The molecule has 0 saturated carbocycles. The number of para-hydroxylation sites is 1. The highest BCUT2D eigenvalue weighted by atomic mass is 35.5. The second-order valence-electron chi connectivity index (χ2n) is 4.52. The summed E-state index contributed by atoms with van der Waals surface area (Å²) < 4.78 is 0. The van der Waals surface area contributed by atoms with Crippen LogP contribution in [0, 0.1) is 0 Å². The molecule has 2 N–H and O–H groups in total. The molecule has 1 aromatic heterocycles. The molecule has 110 valence electrons. The molecule has 3 aromatic rings. The molecule has 2 aromatic carbocycles. The number of hydrogen-bond acceptors (Lipinski definition) is 4. The summed E-state index contributed by atoms with van der Waals surface area (Å²) in [5, 5.41) is 20.7. The highest BCUT2D eigenvalue weighted by molar-refractivity contribution is 7.99. The fourth-order valence-electron chi connectivity index (χ4n) is 2.14. The van der Waals surface area contributed by atoms with Gasteiger partial charge in [0.15, 0.2) is 0 Å². The van der Waals surface area contributed by atoms with Crippen LogP contribution < -0.4 is 0 Å². The average Bonchev–Trinajstić information content (AvgIpc) is 2.47. The van der Waals surface area contributed by atoms with E-state index in [2.05, 4.69) is 4.98 Å². The second kappa shape index (κ2) is 5.87. The molecule has 0 aliphatic carbocycles. The molecule has 1 heterocycles. The van der Waals surface area contributed by atoms with Crippen molar-refractivity contribution >= 4 is 40.2 Å². The van der Waals surface area contributed by atoms with Gasteiger partial charge in [-0.15, -0.1) is 0 Å². The lowest BCUT2D eigenvalue weighted by Gasteiger charge is -2.11. The van der Waals surface area contributed by atoms with E-state index in [1.165, 1.54) is 0 Å². The van der Waals surface area contributed by atoms with Crippen molar-refractivity contribution in [1.29, 1.82) is 0 Å². The molecule has 0 aliphatic rings. The van der Waals surface area contributed by atoms with Crippen molar-refractivity contribution < 1.29 is 15.0 Å². The van der Waals surface area contributed by atoms with Crippen LogP contribution in [0.25, 0.3) is 10.9 Å². The molecular formula is C16H10ClNO3S.